The van der Waals surface area contributed by atoms with Gasteiger partial charge >= 0.3 is 18.2 Å². The maximum atomic E-state index is 14.7. The molecule has 12 heteroatoms. The van der Waals surface area contributed by atoms with Gasteiger partial charge in [-0.15, -0.1) is 0 Å². The summed E-state index contributed by atoms with van der Waals surface area (Å²) in [4.78, 5) is 12.3. The Hall–Kier alpha value is -3.18. The lowest BCUT2D eigenvalue weighted by Crippen LogP contribution is -2.17. The van der Waals surface area contributed by atoms with Gasteiger partial charge < -0.3 is 9.47 Å². The molecule has 0 amide bonds. The summed E-state index contributed by atoms with van der Waals surface area (Å²) in [5.74, 6) is -13.6. The van der Waals surface area contributed by atoms with Gasteiger partial charge in [0, 0.05) is 12.1 Å². The van der Waals surface area contributed by atoms with Gasteiger partial charge in [0.1, 0.15) is 22.9 Å². The number of rotatable bonds is 7. The summed E-state index contributed by atoms with van der Waals surface area (Å²) in [6, 6.07) is -0.625. The number of allylic oxidation sites excluding steroid dienone is 1. The number of carbonyl (C=O) groups is 1. The van der Waals surface area contributed by atoms with E-state index in [0.29, 0.717) is 11.5 Å². The topological polar surface area (TPSA) is 35.5 Å². The predicted octanol–water partition coefficient (Wildman–Crippen LogP) is 8.59. The summed E-state index contributed by atoms with van der Waals surface area (Å²) in [5, 5.41) is 0. The number of hydrogen-bond acceptors (Lipinski definition) is 3. The van der Waals surface area contributed by atoms with Crippen LogP contribution in [0.2, 0.25) is 0 Å². The predicted molar refractivity (Wildman–Crippen MR) is 113 cm³/mol. The number of benzene rings is 2. The van der Waals surface area contributed by atoms with Gasteiger partial charge in [-0.3, -0.25) is 0 Å². The van der Waals surface area contributed by atoms with Gasteiger partial charge in [0.05, 0.1) is 0 Å². The fourth-order valence-electron chi connectivity index (χ4n) is 4.31. The molecule has 0 saturated heterocycles. The fourth-order valence-corrected chi connectivity index (χ4v) is 4.31. The lowest BCUT2D eigenvalue weighted by Gasteiger charge is -2.28. The smallest absolute Gasteiger partial charge is 0.423 e. The third kappa shape index (κ3) is 6.78. The van der Waals surface area contributed by atoms with Gasteiger partial charge in [0.25, 0.3) is 5.83 Å². The average Bonchev–Trinajstić information content (AvgIpc) is 2.80. The second kappa shape index (κ2) is 11.5. The Kier molecular flexibility index (Phi) is 8.80. The minimum absolute atomic E-state index is 0.102. The number of carbonyl (C=O) groups excluding carboxylic acids is 1. The van der Waals surface area contributed by atoms with Crippen LogP contribution in [0.3, 0.4) is 0 Å². The maximum absolute atomic E-state index is 14.7. The van der Waals surface area contributed by atoms with Crippen molar-refractivity contribution in [3.8, 4) is 11.5 Å². The summed E-state index contributed by atoms with van der Waals surface area (Å²) in [6.07, 6.45) is -0.430. The largest absolute Gasteiger partial charge is 0.449 e. The first-order valence-corrected chi connectivity index (χ1v) is 11.3. The van der Waals surface area contributed by atoms with E-state index >= 15 is 0 Å². The van der Waals surface area contributed by atoms with E-state index in [1.54, 1.807) is 0 Å². The molecule has 2 aromatic rings. The highest BCUT2D eigenvalue weighted by Crippen LogP contribution is 2.39. The number of hydrogen-bond donors (Lipinski definition) is 0. The highest BCUT2D eigenvalue weighted by atomic mass is 19.4. The first-order chi connectivity index (χ1) is 17.3. The molecule has 1 fully saturated rings. The van der Waals surface area contributed by atoms with Gasteiger partial charge in [-0.25, -0.2) is 22.4 Å². The number of alkyl halides is 3. The molecule has 0 atom stereocenters. The molecule has 0 heterocycles. The van der Waals surface area contributed by atoms with Crippen molar-refractivity contribution >= 4 is 5.97 Å². The van der Waals surface area contributed by atoms with E-state index in [4.69, 9.17) is 0 Å². The number of ether oxygens (including phenoxy) is 2. The molecule has 3 rings (SSSR count). The van der Waals surface area contributed by atoms with E-state index in [9.17, 15) is 44.3 Å². The van der Waals surface area contributed by atoms with Crippen molar-refractivity contribution < 1.29 is 53.8 Å². The molecule has 0 aliphatic heterocycles. The third-order valence-electron chi connectivity index (χ3n) is 6.08. The first-order valence-electron chi connectivity index (χ1n) is 11.3. The molecule has 3 nitrogen and oxygen atoms in total. The normalized spacial score (nSPS) is 18.9. The molecule has 37 heavy (non-hydrogen) atoms. The van der Waals surface area contributed by atoms with E-state index in [1.807, 2.05) is 0 Å². The summed E-state index contributed by atoms with van der Waals surface area (Å²) in [5.41, 5.74) is -0.771. The standard InChI is InChI=1S/C25H21F9O3/c1-2-3-12-4-6-13(7-5-12)14-8-16(26)20(17(27)9-14)24(35)36-15-10-18(28)21(19(29)11-15)37-23(31)22(30)25(32,33)34/h8-13H,2-7H2,1H3. The fraction of sp³-hybridized carbons (Fsp3) is 0.400. The van der Waals surface area contributed by atoms with Crippen LogP contribution in [0, 0.1) is 29.2 Å². The molecule has 2 aromatic carbocycles. The molecule has 0 unspecified atom stereocenters. The summed E-state index contributed by atoms with van der Waals surface area (Å²) in [7, 11) is 0. The molecule has 0 spiro atoms. The second-order valence-corrected chi connectivity index (χ2v) is 8.66. The Morgan fingerprint density at radius 2 is 1.41 bits per heavy atom. The Bertz CT molecular complexity index is 1140. The number of esters is 1. The minimum Gasteiger partial charge on any atom is -0.423 e. The molecular formula is C25H21F9O3. The molecule has 0 radical (unpaired) electrons. The minimum atomic E-state index is -5.81. The molecule has 1 aliphatic carbocycles. The van der Waals surface area contributed by atoms with Crippen LogP contribution in [0.25, 0.3) is 0 Å². The molecule has 1 saturated carbocycles. The molecule has 0 bridgehead atoms. The maximum Gasteiger partial charge on any atom is 0.449 e. The molecule has 0 N–H and O–H groups in total. The highest BCUT2D eigenvalue weighted by Gasteiger charge is 2.40. The zero-order chi connectivity index (χ0) is 27.5. The van der Waals surface area contributed by atoms with Gasteiger partial charge in [0.2, 0.25) is 5.75 Å². The average molecular weight is 540 g/mol. The van der Waals surface area contributed by atoms with E-state index in [0.717, 1.165) is 50.7 Å². The Morgan fingerprint density at radius 3 is 1.89 bits per heavy atom. The van der Waals surface area contributed by atoms with Crippen LogP contribution in [0.4, 0.5) is 39.5 Å². The van der Waals surface area contributed by atoms with Crippen molar-refractivity contribution in [2.75, 3.05) is 0 Å². The summed E-state index contributed by atoms with van der Waals surface area (Å²) < 4.78 is 128. The van der Waals surface area contributed by atoms with Crippen LogP contribution in [0.5, 0.6) is 11.5 Å². The molecule has 0 aromatic heterocycles. The van der Waals surface area contributed by atoms with Crippen molar-refractivity contribution in [3.63, 3.8) is 0 Å². The first kappa shape index (κ1) is 28.4. The SMILES string of the molecule is CCCC1CCC(c2cc(F)c(C(=O)Oc3cc(F)c(OC(F)=C(F)C(F)(F)F)c(F)c3)c(F)c2)CC1. The van der Waals surface area contributed by atoms with Crippen LogP contribution in [-0.2, 0) is 0 Å². The van der Waals surface area contributed by atoms with Crippen LogP contribution < -0.4 is 9.47 Å². The van der Waals surface area contributed by atoms with E-state index in [-0.39, 0.29) is 18.1 Å². The monoisotopic (exact) mass is 540 g/mol. The van der Waals surface area contributed by atoms with Crippen molar-refractivity contribution in [2.45, 2.75) is 57.5 Å². The molecule has 202 valence electrons. The van der Waals surface area contributed by atoms with Gasteiger partial charge in [0.15, 0.2) is 11.6 Å². The molecule has 1 aliphatic rings. The van der Waals surface area contributed by atoms with Crippen molar-refractivity contribution in [3.05, 3.63) is 70.5 Å². The van der Waals surface area contributed by atoms with Crippen LogP contribution in [0.1, 0.15) is 67.3 Å². The zero-order valence-corrected chi connectivity index (χ0v) is 19.3. The van der Waals surface area contributed by atoms with Crippen LogP contribution >= 0.6 is 0 Å². The van der Waals surface area contributed by atoms with Crippen molar-refractivity contribution in [1.29, 1.82) is 0 Å². The highest BCUT2D eigenvalue weighted by molar-refractivity contribution is 5.91. The second-order valence-electron chi connectivity index (χ2n) is 8.66. The van der Waals surface area contributed by atoms with Gasteiger partial charge in [-0.2, -0.15) is 22.0 Å². The Morgan fingerprint density at radius 1 is 0.865 bits per heavy atom. The quantitative estimate of drug-likeness (QED) is 0.153. The lowest BCUT2D eigenvalue weighted by atomic mass is 9.77. The number of halogens is 9. The van der Waals surface area contributed by atoms with Gasteiger partial charge in [-0.1, -0.05) is 19.8 Å². The van der Waals surface area contributed by atoms with Crippen molar-refractivity contribution in [2.24, 2.45) is 5.92 Å². The summed E-state index contributed by atoms with van der Waals surface area (Å²) >= 11 is 0. The van der Waals surface area contributed by atoms with E-state index in [1.165, 1.54) is 0 Å². The van der Waals surface area contributed by atoms with Crippen molar-refractivity contribution in [1.82, 2.24) is 0 Å². The van der Waals surface area contributed by atoms with Crippen LogP contribution in [-0.4, -0.2) is 12.1 Å². The Labute approximate surface area is 205 Å². The lowest BCUT2D eigenvalue weighted by molar-refractivity contribution is -0.114. The van der Waals surface area contributed by atoms with Crippen LogP contribution in [0.15, 0.2) is 36.1 Å². The van der Waals surface area contributed by atoms with Gasteiger partial charge in [-0.05, 0) is 55.2 Å². The molecular weight excluding hydrogens is 519 g/mol. The third-order valence-corrected chi connectivity index (χ3v) is 6.08. The zero-order valence-electron chi connectivity index (χ0n) is 19.3. The summed E-state index contributed by atoms with van der Waals surface area (Å²) in [6.45, 7) is 2.08. The van der Waals surface area contributed by atoms with E-state index < -0.39 is 64.3 Å². The Balaban J connectivity index is 1.76. The van der Waals surface area contributed by atoms with E-state index in [2.05, 4.69) is 16.4 Å².